The van der Waals surface area contributed by atoms with E-state index < -0.39 is 23.7 Å². The lowest BCUT2D eigenvalue weighted by molar-refractivity contribution is 0.0584. The van der Waals surface area contributed by atoms with Gasteiger partial charge in [-0.3, -0.25) is 5.32 Å². The molecule has 0 saturated heterocycles. The molecule has 0 bridgehead atoms. The molecule has 1 N–H and O–H groups in total. The summed E-state index contributed by atoms with van der Waals surface area (Å²) in [5.41, 5.74) is -1.43. The van der Waals surface area contributed by atoms with Gasteiger partial charge in [0.05, 0.1) is 0 Å². The van der Waals surface area contributed by atoms with Crippen LogP contribution in [0.4, 0.5) is 19.4 Å². The maximum absolute atomic E-state index is 12.5. The van der Waals surface area contributed by atoms with E-state index in [0.29, 0.717) is 12.8 Å². The number of nitrogens with one attached hydrogen (secondary N) is 1. The zero-order valence-electron chi connectivity index (χ0n) is 12.9. The molecule has 0 unspecified atom stereocenters. The quantitative estimate of drug-likeness (QED) is 0.892. The summed E-state index contributed by atoms with van der Waals surface area (Å²) >= 11 is 0. The normalized spacial score (nSPS) is 16.3. The molecule has 1 amide bonds. The number of nitrogens with zero attached hydrogens (tertiary/aromatic N) is 1. The van der Waals surface area contributed by atoms with Crippen molar-refractivity contribution in [3.8, 4) is 5.88 Å². The summed E-state index contributed by atoms with van der Waals surface area (Å²) < 4.78 is 35.7. The second-order valence-corrected chi connectivity index (χ2v) is 6.37. The van der Waals surface area contributed by atoms with E-state index in [1.54, 1.807) is 39.0 Å². The van der Waals surface area contributed by atoms with Crippen LogP contribution in [-0.4, -0.2) is 28.7 Å². The predicted molar refractivity (Wildman–Crippen MR) is 77.3 cm³/mol. The van der Waals surface area contributed by atoms with Gasteiger partial charge in [-0.15, -0.1) is 0 Å². The zero-order valence-corrected chi connectivity index (χ0v) is 12.9. The van der Waals surface area contributed by atoms with Gasteiger partial charge in [-0.05, 0) is 39.7 Å². The highest BCUT2D eigenvalue weighted by molar-refractivity contribution is 5.83. The van der Waals surface area contributed by atoms with Crippen molar-refractivity contribution in [1.82, 2.24) is 4.98 Å². The van der Waals surface area contributed by atoms with Gasteiger partial charge in [0.1, 0.15) is 17.0 Å². The molecule has 1 aromatic heterocycles. The van der Waals surface area contributed by atoms with Crippen LogP contribution < -0.4 is 10.1 Å². The summed E-state index contributed by atoms with van der Waals surface area (Å²) in [5.74, 6) is 0.464. The number of hydrogen-bond donors (Lipinski definition) is 1. The maximum atomic E-state index is 12.5. The summed E-state index contributed by atoms with van der Waals surface area (Å²) in [6.45, 7) is 5.25. The van der Waals surface area contributed by atoms with Gasteiger partial charge in [-0.2, -0.15) is 4.98 Å². The molecule has 5 nitrogen and oxygen atoms in total. The van der Waals surface area contributed by atoms with Crippen molar-refractivity contribution in [2.24, 2.45) is 0 Å². The molecule has 1 heterocycles. The third-order valence-corrected chi connectivity index (χ3v) is 3.01. The van der Waals surface area contributed by atoms with E-state index in [1.165, 1.54) is 0 Å². The van der Waals surface area contributed by atoms with Gasteiger partial charge in [-0.1, -0.05) is 6.07 Å². The van der Waals surface area contributed by atoms with Gasteiger partial charge in [0.25, 0.3) is 0 Å². The van der Waals surface area contributed by atoms with E-state index in [2.05, 4.69) is 10.3 Å². The van der Waals surface area contributed by atoms with Crippen LogP contribution in [0.1, 0.15) is 40.0 Å². The van der Waals surface area contributed by atoms with Gasteiger partial charge in [0.2, 0.25) is 12.3 Å². The highest BCUT2D eigenvalue weighted by atomic mass is 19.3. The van der Waals surface area contributed by atoms with Crippen LogP contribution >= 0.6 is 0 Å². The molecule has 0 aliphatic heterocycles. The lowest BCUT2D eigenvalue weighted by Crippen LogP contribution is -2.27. The smallest absolute Gasteiger partial charge is 0.413 e. The van der Waals surface area contributed by atoms with Crippen molar-refractivity contribution in [2.45, 2.75) is 57.7 Å². The Labute approximate surface area is 128 Å². The molecule has 1 aliphatic rings. The van der Waals surface area contributed by atoms with E-state index in [9.17, 15) is 13.6 Å². The third kappa shape index (κ3) is 5.13. The van der Waals surface area contributed by atoms with Crippen LogP contribution in [0.15, 0.2) is 18.2 Å². The Hall–Kier alpha value is -1.92. The number of alkyl halides is 2. The first kappa shape index (κ1) is 16.5. The van der Waals surface area contributed by atoms with Gasteiger partial charge in [0.15, 0.2) is 0 Å². The molecule has 0 radical (unpaired) electrons. The summed E-state index contributed by atoms with van der Waals surface area (Å²) in [6, 6.07) is 4.78. The Kier molecular flexibility index (Phi) is 4.53. The lowest BCUT2D eigenvalue weighted by Gasteiger charge is -2.20. The second kappa shape index (κ2) is 6.06. The van der Waals surface area contributed by atoms with Crippen LogP contribution in [0.2, 0.25) is 0 Å². The summed E-state index contributed by atoms with van der Waals surface area (Å²) in [5, 5.41) is 2.49. The lowest BCUT2D eigenvalue weighted by atomic mass is 10.2. The Morgan fingerprint density at radius 3 is 2.64 bits per heavy atom. The summed E-state index contributed by atoms with van der Waals surface area (Å²) in [4.78, 5) is 15.8. The SMILES string of the molecule is CC(C)(C)OC(=O)Nc1cccc(OC2(CC(F)F)CC2)n1. The Morgan fingerprint density at radius 2 is 2.09 bits per heavy atom. The first-order valence-electron chi connectivity index (χ1n) is 7.12. The minimum atomic E-state index is -2.41. The topological polar surface area (TPSA) is 60.5 Å². The van der Waals surface area contributed by atoms with E-state index in [-0.39, 0.29) is 18.1 Å². The molecule has 7 heteroatoms. The van der Waals surface area contributed by atoms with Crippen molar-refractivity contribution < 1.29 is 23.0 Å². The van der Waals surface area contributed by atoms with E-state index >= 15 is 0 Å². The number of carbonyl (C=O) groups is 1. The average Bonchev–Trinajstić information content (AvgIpc) is 3.04. The summed E-state index contributed by atoms with van der Waals surface area (Å²) in [7, 11) is 0. The third-order valence-electron chi connectivity index (χ3n) is 3.01. The highest BCUT2D eigenvalue weighted by Gasteiger charge is 2.48. The Morgan fingerprint density at radius 1 is 1.41 bits per heavy atom. The Balaban J connectivity index is 1.97. The number of carbonyl (C=O) groups excluding carboxylic acids is 1. The molecule has 122 valence electrons. The molecule has 1 aromatic rings. The van der Waals surface area contributed by atoms with Crippen molar-refractivity contribution in [1.29, 1.82) is 0 Å². The molecular formula is C15H20F2N2O3. The number of halogens is 2. The van der Waals surface area contributed by atoms with Crippen LogP contribution in [0.5, 0.6) is 5.88 Å². The van der Waals surface area contributed by atoms with Crippen molar-refractivity contribution in [3.05, 3.63) is 18.2 Å². The average molecular weight is 314 g/mol. The fraction of sp³-hybridized carbons (Fsp3) is 0.600. The largest absolute Gasteiger partial charge is 0.471 e. The number of rotatable bonds is 5. The van der Waals surface area contributed by atoms with Gasteiger partial charge in [0, 0.05) is 12.5 Å². The minimum absolute atomic E-state index is 0.215. The summed E-state index contributed by atoms with van der Waals surface area (Å²) in [6.07, 6.45) is -2.18. The molecule has 22 heavy (non-hydrogen) atoms. The predicted octanol–water partition coefficient (Wildman–Crippen LogP) is 4.00. The zero-order chi connectivity index (χ0) is 16.4. The minimum Gasteiger partial charge on any atom is -0.471 e. The fourth-order valence-corrected chi connectivity index (χ4v) is 1.94. The number of amides is 1. The van der Waals surface area contributed by atoms with E-state index in [0.717, 1.165) is 0 Å². The van der Waals surface area contributed by atoms with Crippen molar-refractivity contribution in [3.63, 3.8) is 0 Å². The van der Waals surface area contributed by atoms with Crippen molar-refractivity contribution >= 4 is 11.9 Å². The Bertz CT molecular complexity index is 540. The fourth-order valence-electron chi connectivity index (χ4n) is 1.94. The van der Waals surface area contributed by atoms with Gasteiger partial charge < -0.3 is 9.47 Å². The first-order chi connectivity index (χ1) is 10.2. The van der Waals surface area contributed by atoms with Crippen molar-refractivity contribution in [2.75, 3.05) is 5.32 Å². The number of hydrogen-bond acceptors (Lipinski definition) is 4. The molecule has 2 rings (SSSR count). The number of anilines is 1. The van der Waals surface area contributed by atoms with E-state index in [4.69, 9.17) is 9.47 Å². The molecular weight excluding hydrogens is 294 g/mol. The molecule has 1 saturated carbocycles. The highest BCUT2D eigenvalue weighted by Crippen LogP contribution is 2.44. The van der Waals surface area contributed by atoms with Crippen LogP contribution in [0, 0.1) is 0 Å². The second-order valence-electron chi connectivity index (χ2n) is 6.37. The number of pyridine rings is 1. The first-order valence-corrected chi connectivity index (χ1v) is 7.12. The number of aromatic nitrogens is 1. The van der Waals surface area contributed by atoms with Gasteiger partial charge >= 0.3 is 6.09 Å². The standard InChI is InChI=1S/C15H20F2N2O3/c1-14(2,3)22-13(20)19-11-5-4-6-12(18-11)21-15(7-8-15)9-10(16)17/h4-6,10H,7-9H2,1-3H3,(H,18,19,20). The number of ether oxygens (including phenoxy) is 2. The maximum Gasteiger partial charge on any atom is 0.413 e. The van der Waals surface area contributed by atoms with E-state index in [1.807, 2.05) is 0 Å². The van der Waals surface area contributed by atoms with Gasteiger partial charge in [-0.25, -0.2) is 13.6 Å². The molecule has 1 fully saturated rings. The van der Waals surface area contributed by atoms with Crippen LogP contribution in [-0.2, 0) is 4.74 Å². The molecule has 0 aromatic carbocycles. The monoisotopic (exact) mass is 314 g/mol. The molecule has 0 spiro atoms. The van der Waals surface area contributed by atoms with Crippen LogP contribution in [0.3, 0.4) is 0 Å². The molecule has 0 atom stereocenters. The van der Waals surface area contributed by atoms with Crippen LogP contribution in [0.25, 0.3) is 0 Å². The molecule has 1 aliphatic carbocycles.